The molecule has 1 unspecified atom stereocenters. The molecule has 0 spiro atoms. The first-order valence-electron chi connectivity index (χ1n) is 7.09. The van der Waals surface area contributed by atoms with Crippen molar-refractivity contribution in [3.05, 3.63) is 35.9 Å². The zero-order valence-electron chi connectivity index (χ0n) is 11.6. The van der Waals surface area contributed by atoms with E-state index < -0.39 is 0 Å². The van der Waals surface area contributed by atoms with Gasteiger partial charge in [0.05, 0.1) is 5.25 Å². The highest BCUT2D eigenvalue weighted by Gasteiger charge is 2.29. The number of nitrogens with one attached hydrogen (secondary N) is 1. The molecule has 1 aliphatic rings. The Bertz CT molecular complexity index is 412. The smallest absolute Gasteiger partial charge is 0.233 e. The van der Waals surface area contributed by atoms with Gasteiger partial charge in [-0.3, -0.25) is 4.79 Å². The van der Waals surface area contributed by atoms with Gasteiger partial charge >= 0.3 is 0 Å². The molecule has 1 N–H and O–H groups in total. The molecule has 1 aromatic carbocycles. The number of carbonyl (C=O) groups excluding carboxylic acids is 1. The van der Waals surface area contributed by atoms with Crippen LogP contribution in [0.5, 0.6) is 0 Å². The van der Waals surface area contributed by atoms with Gasteiger partial charge in [0.15, 0.2) is 0 Å². The molecule has 0 heterocycles. The van der Waals surface area contributed by atoms with Crippen molar-refractivity contribution >= 4 is 18.5 Å². The Balaban J connectivity index is 1.79. The van der Waals surface area contributed by atoms with Gasteiger partial charge in [0.2, 0.25) is 5.91 Å². The van der Waals surface area contributed by atoms with E-state index in [4.69, 9.17) is 0 Å². The predicted octanol–water partition coefficient (Wildman–Crippen LogP) is 3.22. The zero-order chi connectivity index (χ0) is 13.7. The fourth-order valence-corrected chi connectivity index (χ4v) is 3.06. The first-order valence-corrected chi connectivity index (χ1v) is 7.60. The van der Waals surface area contributed by atoms with Crippen LogP contribution in [0.25, 0.3) is 0 Å². The van der Waals surface area contributed by atoms with E-state index in [0.29, 0.717) is 11.8 Å². The third-order valence-electron chi connectivity index (χ3n) is 4.07. The Morgan fingerprint density at radius 3 is 2.58 bits per heavy atom. The lowest BCUT2D eigenvalue weighted by Crippen LogP contribution is -2.39. The van der Waals surface area contributed by atoms with E-state index >= 15 is 0 Å². The Hall–Kier alpha value is -0.960. The molecule has 104 valence electrons. The fraction of sp³-hybridized carbons (Fsp3) is 0.562. The average molecular weight is 277 g/mol. The van der Waals surface area contributed by atoms with Gasteiger partial charge in [-0.2, -0.15) is 12.6 Å². The summed E-state index contributed by atoms with van der Waals surface area (Å²) in [7, 11) is 0. The summed E-state index contributed by atoms with van der Waals surface area (Å²) in [5.74, 6) is 0.0558. The van der Waals surface area contributed by atoms with Crippen molar-refractivity contribution in [1.82, 2.24) is 5.32 Å². The summed E-state index contributed by atoms with van der Waals surface area (Å²) in [6.45, 7) is 3.06. The molecule has 1 fully saturated rings. The summed E-state index contributed by atoms with van der Waals surface area (Å²) in [6.07, 6.45) is 5.72. The molecule has 1 atom stereocenters. The van der Waals surface area contributed by atoms with Crippen LogP contribution in [0.1, 0.15) is 38.2 Å². The Labute approximate surface area is 121 Å². The van der Waals surface area contributed by atoms with Crippen molar-refractivity contribution in [3.63, 3.8) is 0 Å². The van der Waals surface area contributed by atoms with Crippen LogP contribution >= 0.6 is 12.6 Å². The Morgan fingerprint density at radius 2 is 1.95 bits per heavy atom. The molecule has 2 rings (SSSR count). The molecule has 3 heteroatoms. The topological polar surface area (TPSA) is 29.1 Å². The van der Waals surface area contributed by atoms with Crippen molar-refractivity contribution in [1.29, 1.82) is 0 Å². The van der Waals surface area contributed by atoms with Gasteiger partial charge in [-0.25, -0.2) is 0 Å². The highest BCUT2D eigenvalue weighted by atomic mass is 32.1. The predicted molar refractivity (Wildman–Crippen MR) is 82.5 cm³/mol. The first-order chi connectivity index (χ1) is 9.09. The van der Waals surface area contributed by atoms with Gasteiger partial charge in [-0.1, -0.05) is 50.1 Å². The average Bonchev–Trinajstić information content (AvgIpc) is 2.84. The second-order valence-corrected chi connectivity index (χ2v) is 6.56. The molecule has 1 amide bonds. The van der Waals surface area contributed by atoms with E-state index in [9.17, 15) is 4.79 Å². The molecule has 0 radical (unpaired) electrons. The SMILES string of the molecule is CC1(CNC(=O)C(S)Cc2ccccc2)CCCC1. The van der Waals surface area contributed by atoms with Crippen molar-refractivity contribution in [2.75, 3.05) is 6.54 Å². The van der Waals surface area contributed by atoms with Gasteiger partial charge in [-0.15, -0.1) is 0 Å². The van der Waals surface area contributed by atoms with Crippen LogP contribution in [0.3, 0.4) is 0 Å². The summed E-state index contributed by atoms with van der Waals surface area (Å²) >= 11 is 4.43. The Morgan fingerprint density at radius 1 is 1.32 bits per heavy atom. The number of benzene rings is 1. The largest absolute Gasteiger partial charge is 0.355 e. The number of thiol groups is 1. The molecule has 1 saturated carbocycles. The highest BCUT2D eigenvalue weighted by Crippen LogP contribution is 2.36. The zero-order valence-corrected chi connectivity index (χ0v) is 12.5. The van der Waals surface area contributed by atoms with E-state index in [2.05, 4.69) is 24.9 Å². The first kappa shape index (κ1) is 14.4. The van der Waals surface area contributed by atoms with Gasteiger partial charge < -0.3 is 5.32 Å². The van der Waals surface area contributed by atoms with E-state index in [0.717, 1.165) is 12.1 Å². The molecule has 0 aromatic heterocycles. The quantitative estimate of drug-likeness (QED) is 0.795. The van der Waals surface area contributed by atoms with Gasteiger partial charge in [0.25, 0.3) is 0 Å². The van der Waals surface area contributed by atoms with Crippen LogP contribution in [0.4, 0.5) is 0 Å². The second-order valence-electron chi connectivity index (χ2n) is 5.94. The number of rotatable bonds is 5. The lowest BCUT2D eigenvalue weighted by molar-refractivity contribution is -0.121. The van der Waals surface area contributed by atoms with E-state index in [1.54, 1.807) is 0 Å². The van der Waals surface area contributed by atoms with Crippen LogP contribution in [-0.2, 0) is 11.2 Å². The molecule has 1 aliphatic carbocycles. The molecule has 0 bridgehead atoms. The van der Waals surface area contributed by atoms with E-state index in [1.165, 1.54) is 25.7 Å². The summed E-state index contributed by atoms with van der Waals surface area (Å²) in [6, 6.07) is 10.0. The molecule has 1 aromatic rings. The molecule has 0 aliphatic heterocycles. The second kappa shape index (κ2) is 6.47. The number of carbonyl (C=O) groups is 1. The third-order valence-corrected chi connectivity index (χ3v) is 4.49. The summed E-state index contributed by atoms with van der Waals surface area (Å²) < 4.78 is 0. The lowest BCUT2D eigenvalue weighted by atomic mass is 9.89. The maximum absolute atomic E-state index is 12.1. The standard InChI is InChI=1S/C16H23NOS/c1-16(9-5-6-10-16)12-17-15(18)14(19)11-13-7-3-2-4-8-13/h2-4,7-8,14,19H,5-6,9-12H2,1H3,(H,17,18). The normalized spacial score (nSPS) is 19.1. The van der Waals surface area contributed by atoms with Crippen LogP contribution < -0.4 is 5.32 Å². The lowest BCUT2D eigenvalue weighted by Gasteiger charge is -2.24. The van der Waals surface area contributed by atoms with Gasteiger partial charge in [0.1, 0.15) is 0 Å². The molecule has 0 saturated heterocycles. The van der Waals surface area contributed by atoms with Gasteiger partial charge in [0, 0.05) is 6.54 Å². The summed E-state index contributed by atoms with van der Waals surface area (Å²) in [5, 5.41) is 2.81. The third kappa shape index (κ3) is 4.27. The fourth-order valence-electron chi connectivity index (χ4n) is 2.75. The minimum absolute atomic E-state index is 0.0558. The van der Waals surface area contributed by atoms with E-state index in [-0.39, 0.29) is 11.2 Å². The van der Waals surface area contributed by atoms with Crippen LogP contribution in [0.2, 0.25) is 0 Å². The number of hydrogen-bond acceptors (Lipinski definition) is 2. The summed E-state index contributed by atoms with van der Waals surface area (Å²) in [4.78, 5) is 12.1. The van der Waals surface area contributed by atoms with Crippen molar-refractivity contribution in [2.45, 2.75) is 44.3 Å². The van der Waals surface area contributed by atoms with Crippen LogP contribution in [0, 0.1) is 5.41 Å². The number of hydrogen-bond donors (Lipinski definition) is 2. The highest BCUT2D eigenvalue weighted by molar-refractivity contribution is 7.81. The molecular formula is C16H23NOS. The molecule has 2 nitrogen and oxygen atoms in total. The number of amides is 1. The monoisotopic (exact) mass is 277 g/mol. The minimum Gasteiger partial charge on any atom is -0.355 e. The maximum Gasteiger partial charge on any atom is 0.233 e. The minimum atomic E-state index is -0.257. The molecular weight excluding hydrogens is 254 g/mol. The van der Waals surface area contributed by atoms with Gasteiger partial charge in [-0.05, 0) is 30.2 Å². The van der Waals surface area contributed by atoms with Crippen LogP contribution in [-0.4, -0.2) is 17.7 Å². The molecule has 19 heavy (non-hydrogen) atoms. The van der Waals surface area contributed by atoms with Crippen molar-refractivity contribution in [2.24, 2.45) is 5.41 Å². The van der Waals surface area contributed by atoms with Crippen molar-refractivity contribution in [3.8, 4) is 0 Å². The summed E-state index contributed by atoms with van der Waals surface area (Å²) in [5.41, 5.74) is 1.46. The Kier molecular flexibility index (Phi) is 4.92. The maximum atomic E-state index is 12.1. The van der Waals surface area contributed by atoms with E-state index in [1.807, 2.05) is 30.3 Å². The van der Waals surface area contributed by atoms with Crippen LogP contribution in [0.15, 0.2) is 30.3 Å². The van der Waals surface area contributed by atoms with Crippen molar-refractivity contribution < 1.29 is 4.79 Å².